The van der Waals surface area contributed by atoms with Gasteiger partial charge in [-0.3, -0.25) is 4.79 Å². The van der Waals surface area contributed by atoms with Crippen LogP contribution in [0.3, 0.4) is 0 Å². The van der Waals surface area contributed by atoms with Crippen LogP contribution in [-0.2, 0) is 6.42 Å². The van der Waals surface area contributed by atoms with Gasteiger partial charge in [0.1, 0.15) is 0 Å². The molecule has 1 fully saturated rings. The third-order valence-electron chi connectivity index (χ3n) is 3.30. The molecule has 3 nitrogen and oxygen atoms in total. The van der Waals surface area contributed by atoms with Gasteiger partial charge in [0, 0.05) is 18.0 Å². The molecule has 2 rings (SSSR count). The van der Waals surface area contributed by atoms with E-state index in [0.29, 0.717) is 6.54 Å². The summed E-state index contributed by atoms with van der Waals surface area (Å²) in [5.74, 6) is 0.0801. The Hall–Kier alpha value is -0.870. The third kappa shape index (κ3) is 2.69. The van der Waals surface area contributed by atoms with Gasteiger partial charge < -0.3 is 10.0 Å². The van der Waals surface area contributed by atoms with E-state index in [-0.39, 0.29) is 12.0 Å². The molecule has 4 heteroatoms. The number of carbonyl (C=O) groups excluding carboxylic acids is 1. The van der Waals surface area contributed by atoms with Crippen molar-refractivity contribution < 1.29 is 9.90 Å². The fourth-order valence-corrected chi connectivity index (χ4v) is 3.35. The highest BCUT2D eigenvalue weighted by Crippen LogP contribution is 2.24. The van der Waals surface area contributed by atoms with Gasteiger partial charge in [0.05, 0.1) is 11.0 Å². The zero-order chi connectivity index (χ0) is 12.4. The molecule has 0 spiro atoms. The number of aryl methyl sites for hydroxylation is 2. The van der Waals surface area contributed by atoms with Crippen LogP contribution >= 0.6 is 11.3 Å². The van der Waals surface area contributed by atoms with Crippen LogP contribution in [0.5, 0.6) is 0 Å². The van der Waals surface area contributed by atoms with Gasteiger partial charge in [-0.15, -0.1) is 11.3 Å². The second-order valence-corrected chi connectivity index (χ2v) is 5.85. The van der Waals surface area contributed by atoms with Crippen LogP contribution in [0.1, 0.15) is 39.9 Å². The van der Waals surface area contributed by atoms with Crippen LogP contribution in [0.2, 0.25) is 0 Å². The lowest BCUT2D eigenvalue weighted by atomic mass is 10.1. The van der Waals surface area contributed by atoms with Crippen molar-refractivity contribution in [2.24, 2.45) is 0 Å². The Kier molecular flexibility index (Phi) is 3.84. The normalized spacial score (nSPS) is 20.6. The van der Waals surface area contributed by atoms with Crippen molar-refractivity contribution in [3.05, 3.63) is 21.4 Å². The lowest BCUT2D eigenvalue weighted by molar-refractivity contribution is 0.0477. The lowest BCUT2D eigenvalue weighted by Gasteiger charge is -2.29. The monoisotopic (exact) mass is 253 g/mol. The molecule has 1 unspecified atom stereocenters. The fraction of sp³-hybridized carbons (Fsp3) is 0.615. The molecular formula is C13H19NO2S. The number of aliphatic hydroxyl groups is 1. The van der Waals surface area contributed by atoms with Gasteiger partial charge in [0.2, 0.25) is 0 Å². The first-order valence-corrected chi connectivity index (χ1v) is 7.00. The van der Waals surface area contributed by atoms with E-state index >= 15 is 0 Å². The topological polar surface area (TPSA) is 40.5 Å². The first kappa shape index (κ1) is 12.6. The largest absolute Gasteiger partial charge is 0.391 e. The molecule has 0 radical (unpaired) electrons. The number of nitrogens with zero attached hydrogens (tertiary/aromatic N) is 1. The van der Waals surface area contributed by atoms with E-state index in [9.17, 15) is 9.90 Å². The Labute approximate surface area is 106 Å². The maximum atomic E-state index is 12.3. The van der Waals surface area contributed by atoms with Gasteiger partial charge in [0.25, 0.3) is 5.91 Å². The number of likely N-dealkylation sites (tertiary alicyclic amines) is 1. The van der Waals surface area contributed by atoms with Gasteiger partial charge >= 0.3 is 0 Å². The summed E-state index contributed by atoms with van der Waals surface area (Å²) in [4.78, 5) is 16.1. The summed E-state index contributed by atoms with van der Waals surface area (Å²) in [5.41, 5.74) is 1.26. The zero-order valence-corrected chi connectivity index (χ0v) is 11.2. The standard InChI is InChI=1S/C13H19NO2S/c1-3-10-7-12(17-9(10)2)13(16)14-6-4-5-11(15)8-14/h7,11,15H,3-6,8H2,1-2H3. The Morgan fingerprint density at radius 1 is 1.65 bits per heavy atom. The van der Waals surface area contributed by atoms with E-state index < -0.39 is 0 Å². The molecule has 1 aliphatic heterocycles. The van der Waals surface area contributed by atoms with E-state index in [1.54, 1.807) is 16.2 Å². The van der Waals surface area contributed by atoms with E-state index in [0.717, 1.165) is 30.7 Å². The van der Waals surface area contributed by atoms with E-state index in [1.807, 2.05) is 6.07 Å². The number of amides is 1. The molecule has 1 amide bonds. The minimum atomic E-state index is -0.348. The molecular weight excluding hydrogens is 234 g/mol. The number of hydrogen-bond donors (Lipinski definition) is 1. The van der Waals surface area contributed by atoms with E-state index in [4.69, 9.17) is 0 Å². The highest BCUT2D eigenvalue weighted by molar-refractivity contribution is 7.14. The number of β-amino-alcohol motifs (C(OH)–C–C–N with tert-alkyl or cyclic N) is 1. The van der Waals surface area contributed by atoms with Crippen molar-refractivity contribution in [2.75, 3.05) is 13.1 Å². The molecule has 0 aliphatic carbocycles. The first-order valence-electron chi connectivity index (χ1n) is 6.18. The highest BCUT2D eigenvalue weighted by atomic mass is 32.1. The van der Waals surface area contributed by atoms with E-state index in [2.05, 4.69) is 13.8 Å². The van der Waals surface area contributed by atoms with Crippen LogP contribution in [-0.4, -0.2) is 35.1 Å². The van der Waals surface area contributed by atoms with E-state index in [1.165, 1.54) is 10.4 Å². The maximum absolute atomic E-state index is 12.3. The van der Waals surface area contributed by atoms with Crippen molar-refractivity contribution in [3.63, 3.8) is 0 Å². The Morgan fingerprint density at radius 2 is 2.41 bits per heavy atom. The van der Waals surface area contributed by atoms with Crippen molar-refractivity contribution >= 4 is 17.2 Å². The van der Waals surface area contributed by atoms with Gasteiger partial charge in [-0.1, -0.05) is 6.92 Å². The Balaban J connectivity index is 2.13. The molecule has 2 heterocycles. The Bertz CT molecular complexity index is 414. The molecule has 1 N–H and O–H groups in total. The van der Waals surface area contributed by atoms with Crippen molar-refractivity contribution in [1.82, 2.24) is 4.90 Å². The molecule has 1 aromatic heterocycles. The van der Waals surface area contributed by atoms with Crippen LogP contribution < -0.4 is 0 Å². The summed E-state index contributed by atoms with van der Waals surface area (Å²) in [6.45, 7) is 5.42. The predicted octanol–water partition coefficient (Wildman–Crippen LogP) is 2.22. The number of carbonyl (C=O) groups is 1. The summed E-state index contributed by atoms with van der Waals surface area (Å²) >= 11 is 1.57. The zero-order valence-electron chi connectivity index (χ0n) is 10.4. The summed E-state index contributed by atoms with van der Waals surface area (Å²) in [6.07, 6.45) is 2.34. The van der Waals surface area contributed by atoms with Crippen molar-refractivity contribution in [3.8, 4) is 0 Å². The molecule has 0 saturated carbocycles. The highest BCUT2D eigenvalue weighted by Gasteiger charge is 2.24. The molecule has 1 atom stereocenters. The summed E-state index contributed by atoms with van der Waals surface area (Å²) in [6, 6.07) is 2.00. The molecule has 1 aromatic rings. The third-order valence-corrected chi connectivity index (χ3v) is 4.38. The lowest BCUT2D eigenvalue weighted by Crippen LogP contribution is -2.41. The minimum absolute atomic E-state index is 0.0801. The van der Waals surface area contributed by atoms with Gasteiger partial charge in [-0.05, 0) is 37.8 Å². The minimum Gasteiger partial charge on any atom is -0.391 e. The molecule has 0 bridgehead atoms. The van der Waals surface area contributed by atoms with Crippen LogP contribution in [0.15, 0.2) is 6.07 Å². The number of thiophene rings is 1. The summed E-state index contributed by atoms with van der Waals surface area (Å²) in [7, 11) is 0. The molecule has 1 aliphatic rings. The number of piperidine rings is 1. The first-order chi connectivity index (χ1) is 8.11. The predicted molar refractivity (Wildman–Crippen MR) is 69.6 cm³/mol. The number of aliphatic hydroxyl groups excluding tert-OH is 1. The van der Waals surface area contributed by atoms with Crippen molar-refractivity contribution in [1.29, 1.82) is 0 Å². The number of hydrogen-bond acceptors (Lipinski definition) is 3. The summed E-state index contributed by atoms with van der Waals surface area (Å²) in [5, 5.41) is 9.59. The van der Waals surface area contributed by atoms with Gasteiger partial charge in [-0.2, -0.15) is 0 Å². The van der Waals surface area contributed by atoms with Gasteiger partial charge in [0.15, 0.2) is 0 Å². The van der Waals surface area contributed by atoms with Crippen LogP contribution in [0.4, 0.5) is 0 Å². The molecule has 17 heavy (non-hydrogen) atoms. The van der Waals surface area contributed by atoms with Crippen LogP contribution in [0.25, 0.3) is 0 Å². The Morgan fingerprint density at radius 3 is 3.00 bits per heavy atom. The fourth-order valence-electron chi connectivity index (χ4n) is 2.27. The van der Waals surface area contributed by atoms with Crippen molar-refractivity contribution in [2.45, 2.75) is 39.2 Å². The average molecular weight is 253 g/mol. The second kappa shape index (κ2) is 5.19. The molecule has 1 saturated heterocycles. The SMILES string of the molecule is CCc1cc(C(=O)N2CCCC(O)C2)sc1C. The maximum Gasteiger partial charge on any atom is 0.264 e. The average Bonchev–Trinajstić information content (AvgIpc) is 2.69. The second-order valence-electron chi connectivity index (χ2n) is 4.59. The number of rotatable bonds is 2. The summed E-state index contributed by atoms with van der Waals surface area (Å²) < 4.78 is 0. The van der Waals surface area contributed by atoms with Crippen LogP contribution in [0, 0.1) is 6.92 Å². The quantitative estimate of drug-likeness (QED) is 0.878. The molecule has 0 aromatic carbocycles. The van der Waals surface area contributed by atoms with Gasteiger partial charge in [-0.25, -0.2) is 0 Å². The smallest absolute Gasteiger partial charge is 0.264 e. The molecule has 94 valence electrons.